The van der Waals surface area contributed by atoms with Gasteiger partial charge in [-0.05, 0) is 33.4 Å². The molecule has 0 fully saturated rings. The zero-order valence-corrected chi connectivity index (χ0v) is 11.1. The normalized spacial score (nSPS) is 12.5. The Morgan fingerprint density at radius 2 is 2.18 bits per heavy atom. The van der Waals surface area contributed by atoms with Crippen molar-refractivity contribution in [2.45, 2.75) is 33.4 Å². The van der Waals surface area contributed by atoms with Crippen LogP contribution in [0.2, 0.25) is 0 Å². The summed E-state index contributed by atoms with van der Waals surface area (Å²) in [6, 6.07) is 3.95. The van der Waals surface area contributed by atoms with Gasteiger partial charge in [-0.15, -0.1) is 0 Å². The average molecular weight is 238 g/mol. The average Bonchev–Trinajstić information content (AvgIpc) is 2.30. The molecule has 1 unspecified atom stereocenters. The standard InChI is InChI=1S/C13H22N2O2/c1-5-16-9-10(2)17-13-7-6-12(8-14-4)11(3)15-13/h6-7,10,14H,5,8-9H2,1-4H3. The lowest BCUT2D eigenvalue weighted by atomic mass is 10.2. The molecule has 0 saturated heterocycles. The number of aromatic nitrogens is 1. The second kappa shape index (κ2) is 7.25. The second-order valence-corrected chi connectivity index (χ2v) is 4.01. The van der Waals surface area contributed by atoms with E-state index in [1.807, 2.05) is 40.0 Å². The predicted octanol–water partition coefficient (Wildman–Crippen LogP) is 1.91. The number of rotatable bonds is 7. The van der Waals surface area contributed by atoms with Crippen LogP contribution in [-0.2, 0) is 11.3 Å². The zero-order chi connectivity index (χ0) is 12.7. The molecule has 1 rings (SSSR count). The molecule has 0 aromatic carbocycles. The molecule has 1 aromatic heterocycles. The van der Waals surface area contributed by atoms with Gasteiger partial charge in [-0.2, -0.15) is 0 Å². The van der Waals surface area contributed by atoms with Gasteiger partial charge < -0.3 is 14.8 Å². The number of hydrogen-bond donors (Lipinski definition) is 1. The quantitative estimate of drug-likeness (QED) is 0.788. The second-order valence-electron chi connectivity index (χ2n) is 4.01. The lowest BCUT2D eigenvalue weighted by molar-refractivity contribution is 0.0632. The van der Waals surface area contributed by atoms with Gasteiger partial charge in [0.1, 0.15) is 6.10 Å². The van der Waals surface area contributed by atoms with Gasteiger partial charge in [-0.25, -0.2) is 4.98 Å². The third-order valence-electron chi connectivity index (χ3n) is 2.42. The van der Waals surface area contributed by atoms with Crippen LogP contribution in [0.5, 0.6) is 5.88 Å². The molecule has 0 bridgehead atoms. The number of nitrogens with zero attached hydrogens (tertiary/aromatic N) is 1. The van der Waals surface area contributed by atoms with Gasteiger partial charge >= 0.3 is 0 Å². The molecule has 0 aliphatic rings. The highest BCUT2D eigenvalue weighted by Gasteiger charge is 2.06. The van der Waals surface area contributed by atoms with Crippen molar-refractivity contribution in [3.63, 3.8) is 0 Å². The fourth-order valence-electron chi connectivity index (χ4n) is 1.53. The van der Waals surface area contributed by atoms with Gasteiger partial charge in [-0.1, -0.05) is 6.07 Å². The number of ether oxygens (including phenoxy) is 2. The highest BCUT2D eigenvalue weighted by atomic mass is 16.5. The topological polar surface area (TPSA) is 43.4 Å². The first-order valence-corrected chi connectivity index (χ1v) is 6.02. The summed E-state index contributed by atoms with van der Waals surface area (Å²) in [7, 11) is 1.92. The van der Waals surface area contributed by atoms with Crippen LogP contribution in [0.3, 0.4) is 0 Å². The minimum atomic E-state index is 0.0250. The van der Waals surface area contributed by atoms with Crippen LogP contribution in [0.25, 0.3) is 0 Å². The van der Waals surface area contributed by atoms with Crippen molar-refractivity contribution in [1.82, 2.24) is 10.3 Å². The van der Waals surface area contributed by atoms with E-state index in [-0.39, 0.29) is 6.10 Å². The third-order valence-corrected chi connectivity index (χ3v) is 2.42. The highest BCUT2D eigenvalue weighted by Crippen LogP contribution is 2.13. The Balaban J connectivity index is 2.57. The summed E-state index contributed by atoms with van der Waals surface area (Å²) in [6.07, 6.45) is 0.0250. The van der Waals surface area contributed by atoms with E-state index < -0.39 is 0 Å². The van der Waals surface area contributed by atoms with Crippen molar-refractivity contribution in [2.75, 3.05) is 20.3 Å². The first-order chi connectivity index (χ1) is 8.17. The van der Waals surface area contributed by atoms with Crippen molar-refractivity contribution >= 4 is 0 Å². The molecule has 4 heteroatoms. The van der Waals surface area contributed by atoms with Gasteiger partial charge in [0, 0.05) is 24.9 Å². The van der Waals surface area contributed by atoms with E-state index >= 15 is 0 Å². The number of aryl methyl sites for hydroxylation is 1. The molecule has 0 aliphatic carbocycles. The van der Waals surface area contributed by atoms with Crippen molar-refractivity contribution in [3.8, 4) is 5.88 Å². The monoisotopic (exact) mass is 238 g/mol. The van der Waals surface area contributed by atoms with Crippen molar-refractivity contribution in [1.29, 1.82) is 0 Å². The smallest absolute Gasteiger partial charge is 0.213 e. The van der Waals surface area contributed by atoms with Crippen molar-refractivity contribution < 1.29 is 9.47 Å². The molecule has 1 N–H and O–H groups in total. The van der Waals surface area contributed by atoms with E-state index in [0.717, 1.165) is 12.2 Å². The molecule has 0 aliphatic heterocycles. The Morgan fingerprint density at radius 3 is 2.76 bits per heavy atom. The minimum absolute atomic E-state index is 0.0250. The molecule has 1 atom stereocenters. The summed E-state index contributed by atoms with van der Waals surface area (Å²) in [5.41, 5.74) is 2.19. The Labute approximate surface area is 103 Å². The fourth-order valence-corrected chi connectivity index (χ4v) is 1.53. The van der Waals surface area contributed by atoms with Crippen LogP contribution in [0.1, 0.15) is 25.1 Å². The van der Waals surface area contributed by atoms with Crippen LogP contribution >= 0.6 is 0 Å². The van der Waals surface area contributed by atoms with Crippen LogP contribution in [0.15, 0.2) is 12.1 Å². The first-order valence-electron chi connectivity index (χ1n) is 6.02. The van der Waals surface area contributed by atoms with Gasteiger partial charge in [-0.3, -0.25) is 0 Å². The molecule has 17 heavy (non-hydrogen) atoms. The Morgan fingerprint density at radius 1 is 1.41 bits per heavy atom. The number of pyridine rings is 1. The molecule has 0 saturated carbocycles. The van der Waals surface area contributed by atoms with Crippen molar-refractivity contribution in [3.05, 3.63) is 23.4 Å². The Kier molecular flexibility index (Phi) is 5.94. The van der Waals surface area contributed by atoms with E-state index in [1.165, 1.54) is 5.56 Å². The molecule has 0 radical (unpaired) electrons. The summed E-state index contributed by atoms with van der Waals surface area (Å²) in [4.78, 5) is 4.42. The third kappa shape index (κ3) is 4.71. The summed E-state index contributed by atoms with van der Waals surface area (Å²) >= 11 is 0. The Bertz CT molecular complexity index is 342. The minimum Gasteiger partial charge on any atom is -0.472 e. The van der Waals surface area contributed by atoms with E-state index in [4.69, 9.17) is 9.47 Å². The fraction of sp³-hybridized carbons (Fsp3) is 0.615. The first kappa shape index (κ1) is 13.9. The largest absolute Gasteiger partial charge is 0.472 e. The van der Waals surface area contributed by atoms with Crippen LogP contribution in [0.4, 0.5) is 0 Å². The van der Waals surface area contributed by atoms with Crippen LogP contribution in [-0.4, -0.2) is 31.3 Å². The van der Waals surface area contributed by atoms with E-state index in [9.17, 15) is 0 Å². The molecule has 1 aromatic rings. The SMILES string of the molecule is CCOCC(C)Oc1ccc(CNC)c(C)n1. The molecule has 4 nitrogen and oxygen atoms in total. The van der Waals surface area contributed by atoms with Crippen LogP contribution in [0, 0.1) is 6.92 Å². The van der Waals surface area contributed by atoms with E-state index in [1.54, 1.807) is 0 Å². The van der Waals surface area contributed by atoms with E-state index in [0.29, 0.717) is 19.1 Å². The molecular weight excluding hydrogens is 216 g/mol. The number of hydrogen-bond acceptors (Lipinski definition) is 4. The lowest BCUT2D eigenvalue weighted by Gasteiger charge is -2.14. The van der Waals surface area contributed by atoms with Gasteiger partial charge in [0.05, 0.1) is 6.61 Å². The summed E-state index contributed by atoms with van der Waals surface area (Å²) in [6.45, 7) is 8.08. The lowest BCUT2D eigenvalue weighted by Crippen LogP contribution is -2.20. The van der Waals surface area contributed by atoms with Gasteiger partial charge in [0.25, 0.3) is 0 Å². The summed E-state index contributed by atoms with van der Waals surface area (Å²) < 4.78 is 11.0. The molecular formula is C13H22N2O2. The summed E-state index contributed by atoms with van der Waals surface area (Å²) in [5.74, 6) is 0.662. The maximum absolute atomic E-state index is 5.67. The van der Waals surface area contributed by atoms with Gasteiger partial charge in [0.2, 0.25) is 5.88 Å². The zero-order valence-electron chi connectivity index (χ0n) is 11.1. The molecule has 96 valence electrons. The van der Waals surface area contributed by atoms with E-state index in [2.05, 4.69) is 10.3 Å². The molecule has 0 amide bonds. The number of nitrogens with one attached hydrogen (secondary N) is 1. The Hall–Kier alpha value is -1.13. The predicted molar refractivity (Wildman–Crippen MR) is 68.3 cm³/mol. The summed E-state index contributed by atoms with van der Waals surface area (Å²) in [5, 5.41) is 3.11. The van der Waals surface area contributed by atoms with Crippen molar-refractivity contribution in [2.24, 2.45) is 0 Å². The van der Waals surface area contributed by atoms with Crippen LogP contribution < -0.4 is 10.1 Å². The van der Waals surface area contributed by atoms with Gasteiger partial charge in [0.15, 0.2) is 0 Å². The highest BCUT2D eigenvalue weighted by molar-refractivity contribution is 5.24. The maximum Gasteiger partial charge on any atom is 0.213 e. The molecule has 0 spiro atoms. The maximum atomic E-state index is 5.67. The molecule has 1 heterocycles.